The Labute approximate surface area is 130 Å². The molecule has 2 amide bonds. The number of rotatable bonds is 5. The van der Waals surface area contributed by atoms with Crippen molar-refractivity contribution >= 4 is 24.6 Å². The minimum absolute atomic E-state index is 0.291. The molecule has 0 aliphatic carbocycles. The average molecular weight is 310 g/mol. The van der Waals surface area contributed by atoms with Crippen LogP contribution in [0.2, 0.25) is 0 Å². The van der Waals surface area contributed by atoms with Crippen LogP contribution in [0.25, 0.3) is 0 Å². The summed E-state index contributed by atoms with van der Waals surface area (Å²) in [6, 6.07) is 8.24. The number of hydrogen-bond acceptors (Lipinski definition) is 4. The third-order valence-corrected chi connectivity index (χ3v) is 2.69. The van der Waals surface area contributed by atoms with Crippen LogP contribution in [0.4, 0.5) is 4.79 Å². The molecule has 1 aromatic rings. The van der Waals surface area contributed by atoms with Crippen molar-refractivity contribution in [2.24, 2.45) is 0 Å². The molecule has 0 heterocycles. The second-order valence-electron chi connectivity index (χ2n) is 5.50. The number of ether oxygens (including phenoxy) is 1. The van der Waals surface area contributed by atoms with Crippen molar-refractivity contribution in [3.8, 4) is 0 Å². The van der Waals surface area contributed by atoms with E-state index in [4.69, 9.17) is 4.74 Å². The van der Waals surface area contributed by atoms with Crippen molar-refractivity contribution in [3.05, 3.63) is 35.9 Å². The molecule has 1 unspecified atom stereocenters. The molecule has 21 heavy (non-hydrogen) atoms. The van der Waals surface area contributed by atoms with Gasteiger partial charge in [0.25, 0.3) is 0 Å². The fourth-order valence-electron chi connectivity index (χ4n) is 1.65. The predicted octanol–water partition coefficient (Wildman–Crippen LogP) is 2.30. The molecule has 2 N–H and O–H groups in total. The number of carbonyl (C=O) groups is 2. The summed E-state index contributed by atoms with van der Waals surface area (Å²) < 4.78 is 5.20. The maximum Gasteiger partial charge on any atom is 0.408 e. The second-order valence-corrected chi connectivity index (χ2v) is 5.95. The van der Waals surface area contributed by atoms with E-state index in [0.717, 1.165) is 0 Å². The first-order chi connectivity index (χ1) is 9.83. The Kier molecular flexibility index (Phi) is 6.55. The number of amides is 2. The van der Waals surface area contributed by atoms with Crippen LogP contribution in [0.5, 0.6) is 0 Å². The molecule has 1 aromatic carbocycles. The van der Waals surface area contributed by atoms with Gasteiger partial charge in [-0.15, -0.1) is 0 Å². The minimum Gasteiger partial charge on any atom is -0.444 e. The smallest absolute Gasteiger partial charge is 0.408 e. The van der Waals surface area contributed by atoms with E-state index < -0.39 is 17.7 Å². The molecule has 0 aromatic heterocycles. The Morgan fingerprint density at radius 1 is 1.24 bits per heavy atom. The van der Waals surface area contributed by atoms with Gasteiger partial charge < -0.3 is 15.4 Å². The molecule has 0 bridgehead atoms. The molecule has 0 aliphatic heterocycles. The van der Waals surface area contributed by atoms with E-state index in [1.165, 1.54) is 0 Å². The monoisotopic (exact) mass is 310 g/mol. The maximum absolute atomic E-state index is 12.2. The fourth-order valence-corrected chi connectivity index (χ4v) is 1.76. The van der Waals surface area contributed by atoms with Crippen molar-refractivity contribution < 1.29 is 14.3 Å². The summed E-state index contributed by atoms with van der Waals surface area (Å²) in [6.45, 7) is 5.74. The lowest BCUT2D eigenvalue weighted by Gasteiger charge is -2.23. The first-order valence-electron chi connectivity index (χ1n) is 6.76. The Balaban J connectivity index is 2.82. The van der Waals surface area contributed by atoms with Crippen LogP contribution < -0.4 is 10.6 Å². The Bertz CT molecular complexity index is 472. The number of nitrogens with one attached hydrogen (secondary N) is 2. The molecular weight excluding hydrogens is 288 g/mol. The van der Waals surface area contributed by atoms with Gasteiger partial charge in [-0.2, -0.15) is 12.6 Å². The summed E-state index contributed by atoms with van der Waals surface area (Å²) in [4.78, 5) is 24.1. The van der Waals surface area contributed by atoms with Crippen LogP contribution >= 0.6 is 12.6 Å². The highest BCUT2D eigenvalue weighted by molar-refractivity contribution is 7.80. The van der Waals surface area contributed by atoms with Gasteiger partial charge >= 0.3 is 6.09 Å². The van der Waals surface area contributed by atoms with Crippen LogP contribution in [0.15, 0.2) is 30.3 Å². The molecule has 0 saturated heterocycles. The third kappa shape index (κ3) is 6.53. The van der Waals surface area contributed by atoms with Crippen molar-refractivity contribution in [2.45, 2.75) is 32.4 Å². The van der Waals surface area contributed by atoms with Crippen LogP contribution in [0.3, 0.4) is 0 Å². The highest BCUT2D eigenvalue weighted by Crippen LogP contribution is 2.14. The molecule has 0 saturated carbocycles. The lowest BCUT2D eigenvalue weighted by atomic mass is 10.1. The molecule has 0 radical (unpaired) electrons. The zero-order valence-electron chi connectivity index (χ0n) is 12.6. The molecule has 1 rings (SSSR count). The SMILES string of the molecule is CC(C)(C)OC(=O)NC(C(=O)NCCS)c1ccccc1. The summed E-state index contributed by atoms with van der Waals surface area (Å²) in [5, 5.41) is 5.31. The molecule has 0 spiro atoms. The van der Waals surface area contributed by atoms with E-state index >= 15 is 0 Å². The largest absolute Gasteiger partial charge is 0.444 e. The van der Waals surface area contributed by atoms with Crippen molar-refractivity contribution in [2.75, 3.05) is 12.3 Å². The summed E-state index contributed by atoms with van der Waals surface area (Å²) in [5.74, 6) is 0.237. The lowest BCUT2D eigenvalue weighted by Crippen LogP contribution is -2.43. The summed E-state index contributed by atoms with van der Waals surface area (Å²) in [5.41, 5.74) is 0.0763. The standard InChI is InChI=1S/C15H22N2O3S/c1-15(2,3)20-14(19)17-12(13(18)16-9-10-21)11-7-5-4-6-8-11/h4-8,12,21H,9-10H2,1-3H3,(H,16,18)(H,17,19). The summed E-state index contributed by atoms with van der Waals surface area (Å²) in [7, 11) is 0. The number of thiol groups is 1. The van der Waals surface area contributed by atoms with E-state index in [-0.39, 0.29) is 5.91 Å². The predicted molar refractivity (Wildman–Crippen MR) is 85.4 cm³/mol. The van der Waals surface area contributed by atoms with E-state index in [1.807, 2.05) is 18.2 Å². The second kappa shape index (κ2) is 7.93. The molecule has 6 heteroatoms. The van der Waals surface area contributed by atoms with Crippen LogP contribution in [-0.4, -0.2) is 29.9 Å². The maximum atomic E-state index is 12.2. The summed E-state index contributed by atoms with van der Waals surface area (Å²) >= 11 is 4.05. The highest BCUT2D eigenvalue weighted by atomic mass is 32.1. The first-order valence-corrected chi connectivity index (χ1v) is 7.40. The molecule has 0 fully saturated rings. The van der Waals surface area contributed by atoms with Crippen LogP contribution in [0.1, 0.15) is 32.4 Å². The van der Waals surface area contributed by atoms with Gasteiger partial charge in [0.2, 0.25) is 5.91 Å². The number of carbonyl (C=O) groups excluding carboxylic acids is 2. The summed E-state index contributed by atoms with van der Waals surface area (Å²) in [6.07, 6.45) is -0.627. The number of benzene rings is 1. The van der Waals surface area contributed by atoms with E-state index in [1.54, 1.807) is 32.9 Å². The van der Waals surface area contributed by atoms with Crippen LogP contribution in [-0.2, 0) is 9.53 Å². The van der Waals surface area contributed by atoms with Gasteiger partial charge in [0.1, 0.15) is 11.6 Å². The Morgan fingerprint density at radius 2 is 1.86 bits per heavy atom. The van der Waals surface area contributed by atoms with Gasteiger partial charge in [-0.3, -0.25) is 4.79 Å². The van der Waals surface area contributed by atoms with Gasteiger partial charge in [-0.1, -0.05) is 30.3 Å². The van der Waals surface area contributed by atoms with Crippen molar-refractivity contribution in [1.82, 2.24) is 10.6 Å². The lowest BCUT2D eigenvalue weighted by molar-refractivity contribution is -0.123. The van der Waals surface area contributed by atoms with Crippen LogP contribution in [0, 0.1) is 0 Å². The highest BCUT2D eigenvalue weighted by Gasteiger charge is 2.25. The quantitative estimate of drug-likeness (QED) is 0.731. The fraction of sp³-hybridized carbons (Fsp3) is 0.467. The number of alkyl carbamates (subject to hydrolysis) is 1. The molecular formula is C15H22N2O3S. The van der Waals surface area contributed by atoms with Gasteiger partial charge in [0.15, 0.2) is 0 Å². The normalized spacial score (nSPS) is 12.4. The first kappa shape index (κ1) is 17.4. The Hall–Kier alpha value is -1.69. The van der Waals surface area contributed by atoms with E-state index in [9.17, 15) is 9.59 Å². The molecule has 1 atom stereocenters. The van der Waals surface area contributed by atoms with Gasteiger partial charge in [0.05, 0.1) is 0 Å². The zero-order chi connectivity index (χ0) is 15.9. The van der Waals surface area contributed by atoms with E-state index in [0.29, 0.717) is 17.9 Å². The van der Waals surface area contributed by atoms with Crippen molar-refractivity contribution in [1.29, 1.82) is 0 Å². The average Bonchev–Trinajstić information content (AvgIpc) is 2.41. The molecule has 116 valence electrons. The van der Waals surface area contributed by atoms with Gasteiger partial charge in [0, 0.05) is 12.3 Å². The minimum atomic E-state index is -0.791. The third-order valence-electron chi connectivity index (χ3n) is 2.47. The number of hydrogen-bond donors (Lipinski definition) is 3. The van der Waals surface area contributed by atoms with Gasteiger partial charge in [-0.05, 0) is 26.3 Å². The zero-order valence-corrected chi connectivity index (χ0v) is 13.4. The molecule has 0 aliphatic rings. The molecule has 5 nitrogen and oxygen atoms in total. The van der Waals surface area contributed by atoms with Crippen molar-refractivity contribution in [3.63, 3.8) is 0 Å². The Morgan fingerprint density at radius 3 is 2.38 bits per heavy atom. The topological polar surface area (TPSA) is 67.4 Å². The van der Waals surface area contributed by atoms with E-state index in [2.05, 4.69) is 23.3 Å². The van der Waals surface area contributed by atoms with Gasteiger partial charge in [-0.25, -0.2) is 4.79 Å².